The quantitative estimate of drug-likeness (QED) is 0.711. The molecule has 1 N–H and O–H groups in total. The average molecular weight is 399 g/mol. The zero-order chi connectivity index (χ0) is 17.9. The van der Waals surface area contributed by atoms with E-state index in [2.05, 4.69) is 57.3 Å². The van der Waals surface area contributed by atoms with Crippen LogP contribution in [0.5, 0.6) is 0 Å². The minimum atomic E-state index is -0.167. The van der Waals surface area contributed by atoms with E-state index in [1.54, 1.807) is 23.1 Å². The van der Waals surface area contributed by atoms with E-state index in [-0.39, 0.29) is 11.3 Å². The van der Waals surface area contributed by atoms with Crippen molar-refractivity contribution in [3.8, 4) is 5.69 Å². The zero-order valence-corrected chi connectivity index (χ0v) is 15.7. The van der Waals surface area contributed by atoms with Crippen molar-refractivity contribution >= 4 is 21.8 Å². The third-order valence-corrected chi connectivity index (χ3v) is 4.64. The molecule has 0 spiro atoms. The number of halogens is 1. The normalized spacial score (nSPS) is 11.3. The number of aromatic nitrogens is 3. The molecule has 128 valence electrons. The molecule has 1 heterocycles. The van der Waals surface area contributed by atoms with Crippen LogP contribution in [0.3, 0.4) is 0 Å². The first kappa shape index (κ1) is 17.4. The van der Waals surface area contributed by atoms with Crippen LogP contribution in [-0.2, 0) is 5.41 Å². The Morgan fingerprint density at radius 2 is 1.96 bits per heavy atom. The summed E-state index contributed by atoms with van der Waals surface area (Å²) in [5.74, 6) is -0.104. The highest BCUT2D eigenvalue weighted by molar-refractivity contribution is 9.10. The van der Waals surface area contributed by atoms with Gasteiger partial charge in [0.05, 0.1) is 5.69 Å². The van der Waals surface area contributed by atoms with Gasteiger partial charge in [-0.05, 0) is 35.9 Å². The number of benzene rings is 2. The first-order valence-corrected chi connectivity index (χ1v) is 8.74. The maximum absolute atomic E-state index is 12.5. The summed E-state index contributed by atoms with van der Waals surface area (Å²) in [5, 5.41) is 7.12. The Bertz CT molecular complexity index is 857. The van der Waals surface area contributed by atoms with Gasteiger partial charge in [0.15, 0.2) is 0 Å². The van der Waals surface area contributed by atoms with E-state index in [0.29, 0.717) is 12.1 Å². The first-order valence-electron chi connectivity index (χ1n) is 7.95. The van der Waals surface area contributed by atoms with Crippen LogP contribution in [0.4, 0.5) is 0 Å². The molecule has 3 rings (SSSR count). The second-order valence-electron chi connectivity index (χ2n) is 6.46. The molecule has 5 nitrogen and oxygen atoms in total. The van der Waals surface area contributed by atoms with Crippen LogP contribution in [-0.4, -0.2) is 27.2 Å². The monoisotopic (exact) mass is 398 g/mol. The molecule has 0 aliphatic rings. The van der Waals surface area contributed by atoms with Gasteiger partial charge in [0, 0.05) is 22.0 Å². The third-order valence-electron chi connectivity index (χ3n) is 4.11. The smallest absolute Gasteiger partial charge is 0.251 e. The van der Waals surface area contributed by atoms with E-state index >= 15 is 0 Å². The molecule has 0 fully saturated rings. The Labute approximate surface area is 155 Å². The highest BCUT2D eigenvalue weighted by atomic mass is 79.9. The molecule has 0 bridgehead atoms. The summed E-state index contributed by atoms with van der Waals surface area (Å²) >= 11 is 3.45. The van der Waals surface area contributed by atoms with Crippen LogP contribution in [0.1, 0.15) is 29.8 Å². The Kier molecular flexibility index (Phi) is 4.99. The number of carbonyl (C=O) groups excluding carboxylic acids is 1. The maximum atomic E-state index is 12.5. The van der Waals surface area contributed by atoms with Crippen LogP contribution in [0.25, 0.3) is 5.69 Å². The number of hydrogen-bond acceptors (Lipinski definition) is 3. The van der Waals surface area contributed by atoms with Crippen molar-refractivity contribution in [2.75, 3.05) is 6.54 Å². The number of hydrogen-bond donors (Lipinski definition) is 1. The van der Waals surface area contributed by atoms with Gasteiger partial charge in [0.1, 0.15) is 12.7 Å². The molecule has 6 heteroatoms. The van der Waals surface area contributed by atoms with Crippen molar-refractivity contribution in [3.05, 3.63) is 76.8 Å². The Balaban J connectivity index is 1.70. The molecular formula is C19H19BrN4O. The molecule has 25 heavy (non-hydrogen) atoms. The third kappa shape index (κ3) is 4.14. The van der Waals surface area contributed by atoms with Crippen LogP contribution >= 0.6 is 15.9 Å². The summed E-state index contributed by atoms with van der Waals surface area (Å²) in [6.45, 7) is 4.77. The van der Waals surface area contributed by atoms with Gasteiger partial charge in [0.25, 0.3) is 5.91 Å². The maximum Gasteiger partial charge on any atom is 0.251 e. The minimum absolute atomic E-state index is 0.104. The molecule has 0 atom stereocenters. The second-order valence-corrected chi connectivity index (χ2v) is 7.38. The first-order chi connectivity index (χ1) is 12.0. The summed E-state index contributed by atoms with van der Waals surface area (Å²) in [7, 11) is 0. The molecule has 3 aromatic rings. The summed E-state index contributed by atoms with van der Waals surface area (Å²) in [5.41, 5.74) is 2.41. The molecular weight excluding hydrogens is 380 g/mol. The zero-order valence-electron chi connectivity index (χ0n) is 14.1. The topological polar surface area (TPSA) is 59.8 Å². The van der Waals surface area contributed by atoms with E-state index in [1.165, 1.54) is 11.9 Å². The lowest BCUT2D eigenvalue weighted by molar-refractivity contribution is 0.0945. The molecule has 0 radical (unpaired) electrons. The lowest BCUT2D eigenvalue weighted by atomic mass is 9.84. The van der Waals surface area contributed by atoms with Gasteiger partial charge in [-0.15, -0.1) is 0 Å². The van der Waals surface area contributed by atoms with Crippen LogP contribution < -0.4 is 5.32 Å². The van der Waals surface area contributed by atoms with Crippen molar-refractivity contribution in [1.29, 1.82) is 0 Å². The summed E-state index contributed by atoms with van der Waals surface area (Å²) in [6.07, 6.45) is 3.07. The van der Waals surface area contributed by atoms with Crippen LogP contribution in [0.15, 0.2) is 65.7 Å². The predicted octanol–water partition coefficient (Wildman–Crippen LogP) is 3.74. The van der Waals surface area contributed by atoms with Gasteiger partial charge >= 0.3 is 0 Å². The van der Waals surface area contributed by atoms with E-state index in [9.17, 15) is 4.79 Å². The van der Waals surface area contributed by atoms with Crippen LogP contribution in [0.2, 0.25) is 0 Å². The van der Waals surface area contributed by atoms with Crippen molar-refractivity contribution in [1.82, 2.24) is 20.1 Å². The number of carbonyl (C=O) groups is 1. The van der Waals surface area contributed by atoms with E-state index in [1.807, 2.05) is 24.3 Å². The summed E-state index contributed by atoms with van der Waals surface area (Å²) < 4.78 is 2.67. The lowest BCUT2D eigenvalue weighted by Crippen LogP contribution is -2.36. The fourth-order valence-electron chi connectivity index (χ4n) is 2.54. The SMILES string of the molecule is CC(C)(CNC(=O)c1cccc(-n2cncn2)c1)c1ccc(Br)cc1. The standard InChI is InChI=1S/C19H19BrN4O/c1-19(2,15-6-8-16(20)9-7-15)11-22-18(25)14-4-3-5-17(10-14)24-13-21-12-23-24/h3-10,12-13H,11H2,1-2H3,(H,22,25). The molecule has 0 unspecified atom stereocenters. The van der Waals surface area contributed by atoms with Crippen molar-refractivity contribution in [2.45, 2.75) is 19.3 Å². The number of nitrogens with one attached hydrogen (secondary N) is 1. The van der Waals surface area contributed by atoms with E-state index in [4.69, 9.17) is 0 Å². The fraction of sp³-hybridized carbons (Fsp3) is 0.211. The van der Waals surface area contributed by atoms with Crippen LogP contribution in [0, 0.1) is 0 Å². The molecule has 0 aliphatic carbocycles. The van der Waals surface area contributed by atoms with E-state index < -0.39 is 0 Å². The minimum Gasteiger partial charge on any atom is -0.351 e. The fourth-order valence-corrected chi connectivity index (χ4v) is 2.80. The van der Waals surface area contributed by atoms with Gasteiger partial charge in [-0.1, -0.05) is 48.0 Å². The predicted molar refractivity (Wildman–Crippen MR) is 101 cm³/mol. The molecule has 1 amide bonds. The largest absolute Gasteiger partial charge is 0.351 e. The molecule has 1 aromatic heterocycles. The van der Waals surface area contributed by atoms with Crippen molar-refractivity contribution < 1.29 is 4.79 Å². The molecule has 2 aromatic carbocycles. The van der Waals surface area contributed by atoms with E-state index in [0.717, 1.165) is 10.2 Å². The number of rotatable bonds is 5. The second kappa shape index (κ2) is 7.19. The molecule has 0 saturated carbocycles. The highest BCUT2D eigenvalue weighted by Gasteiger charge is 2.21. The summed E-state index contributed by atoms with van der Waals surface area (Å²) in [6, 6.07) is 15.5. The van der Waals surface area contributed by atoms with Crippen molar-refractivity contribution in [3.63, 3.8) is 0 Å². The van der Waals surface area contributed by atoms with Crippen molar-refractivity contribution in [2.24, 2.45) is 0 Å². The molecule has 0 aliphatic heterocycles. The number of amides is 1. The highest BCUT2D eigenvalue weighted by Crippen LogP contribution is 2.24. The van der Waals surface area contributed by atoms with Gasteiger partial charge in [-0.3, -0.25) is 4.79 Å². The Hall–Kier alpha value is -2.47. The molecule has 0 saturated heterocycles. The summed E-state index contributed by atoms with van der Waals surface area (Å²) in [4.78, 5) is 16.5. The lowest BCUT2D eigenvalue weighted by Gasteiger charge is -2.25. The number of nitrogens with zero attached hydrogens (tertiary/aromatic N) is 3. The van der Waals surface area contributed by atoms with Gasteiger partial charge < -0.3 is 5.32 Å². The Morgan fingerprint density at radius 3 is 2.64 bits per heavy atom. The average Bonchev–Trinajstić information content (AvgIpc) is 3.15. The Morgan fingerprint density at radius 1 is 1.20 bits per heavy atom. The van der Waals surface area contributed by atoms with Gasteiger partial charge in [-0.25, -0.2) is 9.67 Å². The van der Waals surface area contributed by atoms with Gasteiger partial charge in [0.2, 0.25) is 0 Å². The van der Waals surface area contributed by atoms with Gasteiger partial charge in [-0.2, -0.15) is 5.10 Å².